The summed E-state index contributed by atoms with van der Waals surface area (Å²) in [5, 5.41) is 0. The van der Waals surface area contributed by atoms with E-state index in [9.17, 15) is 8.78 Å². The summed E-state index contributed by atoms with van der Waals surface area (Å²) >= 11 is 0. The lowest BCUT2D eigenvalue weighted by molar-refractivity contribution is 0.363. The van der Waals surface area contributed by atoms with Gasteiger partial charge < -0.3 is 4.74 Å². The van der Waals surface area contributed by atoms with Crippen LogP contribution in [0.3, 0.4) is 0 Å². The third-order valence-electron chi connectivity index (χ3n) is 3.19. The minimum atomic E-state index is -0.549. The van der Waals surface area contributed by atoms with E-state index in [1.54, 1.807) is 36.4 Å². The van der Waals surface area contributed by atoms with Crippen LogP contribution < -0.4 is 4.74 Å². The Morgan fingerprint density at radius 3 is 2.43 bits per heavy atom. The van der Waals surface area contributed by atoms with Crippen molar-refractivity contribution in [2.75, 3.05) is 6.61 Å². The lowest BCUT2D eigenvalue weighted by Crippen LogP contribution is -1.95. The number of ether oxygens (including phenoxy) is 1. The maximum Gasteiger partial charge on any atom is 0.133 e. The highest BCUT2D eigenvalue weighted by molar-refractivity contribution is 5.65. The molecule has 1 nitrogen and oxygen atoms in total. The summed E-state index contributed by atoms with van der Waals surface area (Å²) in [4.78, 5) is 0. The molecule has 3 heteroatoms. The zero-order chi connectivity index (χ0) is 15.2. The van der Waals surface area contributed by atoms with Gasteiger partial charge in [0.25, 0.3) is 0 Å². The molecular weight excluding hydrogens is 270 g/mol. The van der Waals surface area contributed by atoms with Crippen molar-refractivity contribution in [3.8, 4) is 16.9 Å². The second-order valence-electron chi connectivity index (χ2n) is 4.80. The highest BCUT2D eigenvalue weighted by Crippen LogP contribution is 2.28. The van der Waals surface area contributed by atoms with Crippen LogP contribution in [0.25, 0.3) is 11.1 Å². The van der Waals surface area contributed by atoms with Gasteiger partial charge in [-0.3, -0.25) is 0 Å². The Morgan fingerprint density at radius 2 is 1.81 bits per heavy atom. The Labute approximate surface area is 123 Å². The molecule has 0 aromatic heterocycles. The number of benzene rings is 2. The van der Waals surface area contributed by atoms with Crippen LogP contribution in [0.1, 0.15) is 18.9 Å². The molecule has 0 aliphatic heterocycles. The Morgan fingerprint density at radius 1 is 1.10 bits per heavy atom. The van der Waals surface area contributed by atoms with E-state index < -0.39 is 11.6 Å². The fraction of sp³-hybridized carbons (Fsp3) is 0.222. The minimum absolute atomic E-state index is 0.412. The summed E-state index contributed by atoms with van der Waals surface area (Å²) < 4.78 is 33.0. The van der Waals surface area contributed by atoms with E-state index in [0.29, 0.717) is 35.5 Å². The van der Waals surface area contributed by atoms with E-state index in [2.05, 4.69) is 6.58 Å². The van der Waals surface area contributed by atoms with Crippen molar-refractivity contribution in [2.45, 2.75) is 19.8 Å². The van der Waals surface area contributed by atoms with Crippen molar-refractivity contribution in [3.63, 3.8) is 0 Å². The first-order chi connectivity index (χ1) is 10.2. The van der Waals surface area contributed by atoms with Crippen molar-refractivity contribution < 1.29 is 13.5 Å². The van der Waals surface area contributed by atoms with Crippen LogP contribution in [0.4, 0.5) is 8.78 Å². The largest absolute Gasteiger partial charge is 0.490 e. The molecule has 0 N–H and O–H groups in total. The predicted octanol–water partition coefficient (Wildman–Crippen LogP) is 5.15. The van der Waals surface area contributed by atoms with E-state index >= 15 is 0 Å². The fourth-order valence-electron chi connectivity index (χ4n) is 2.16. The summed E-state index contributed by atoms with van der Waals surface area (Å²) in [5.74, 6) is -0.342. The number of hydrogen-bond donors (Lipinski definition) is 0. The molecule has 0 spiro atoms. The van der Waals surface area contributed by atoms with Crippen molar-refractivity contribution in [1.29, 1.82) is 0 Å². The van der Waals surface area contributed by atoms with E-state index in [1.165, 1.54) is 0 Å². The Balaban J connectivity index is 2.32. The summed E-state index contributed by atoms with van der Waals surface area (Å²) in [5.41, 5.74) is 1.66. The fourth-order valence-corrected chi connectivity index (χ4v) is 2.16. The molecule has 0 radical (unpaired) electrons. The topological polar surface area (TPSA) is 9.23 Å². The average molecular weight is 288 g/mol. The molecule has 21 heavy (non-hydrogen) atoms. The zero-order valence-electron chi connectivity index (χ0n) is 12.0. The van der Waals surface area contributed by atoms with Gasteiger partial charge in [0.2, 0.25) is 0 Å². The van der Waals surface area contributed by atoms with E-state index in [-0.39, 0.29) is 0 Å². The maximum absolute atomic E-state index is 14.0. The normalized spacial score (nSPS) is 10.4. The third-order valence-corrected chi connectivity index (χ3v) is 3.19. The van der Waals surface area contributed by atoms with E-state index in [4.69, 9.17) is 4.74 Å². The number of rotatable bonds is 6. The molecule has 110 valence electrons. The quantitative estimate of drug-likeness (QED) is 0.668. The van der Waals surface area contributed by atoms with E-state index in [0.717, 1.165) is 12.5 Å². The van der Waals surface area contributed by atoms with Gasteiger partial charge in [-0.25, -0.2) is 8.78 Å². The van der Waals surface area contributed by atoms with Gasteiger partial charge in [-0.05, 0) is 35.7 Å². The third kappa shape index (κ3) is 3.69. The van der Waals surface area contributed by atoms with Gasteiger partial charge in [0.05, 0.1) is 0 Å². The summed E-state index contributed by atoms with van der Waals surface area (Å²) in [6.07, 6.45) is 3.07. The van der Waals surface area contributed by atoms with Crippen LogP contribution in [-0.4, -0.2) is 6.61 Å². The smallest absolute Gasteiger partial charge is 0.133 e. The Hall–Kier alpha value is -2.16. The second-order valence-corrected chi connectivity index (χ2v) is 4.80. The lowest BCUT2D eigenvalue weighted by atomic mass is 10.00. The first kappa shape index (κ1) is 15.2. The molecule has 2 aromatic rings. The molecule has 0 saturated carbocycles. The highest BCUT2D eigenvalue weighted by Gasteiger charge is 2.11. The van der Waals surface area contributed by atoms with Crippen molar-refractivity contribution >= 4 is 0 Å². The molecule has 0 bridgehead atoms. The van der Waals surface area contributed by atoms with Crippen LogP contribution in [0, 0.1) is 11.6 Å². The number of aryl methyl sites for hydroxylation is 1. The standard InChI is InChI=1S/C18H18F2O/c1-3-5-14-11-16(18(20)12-17(14)19)13-6-8-15(9-7-13)21-10-4-2/h4,6-9,11-12H,2-3,5,10H2,1H3. The molecule has 0 atom stereocenters. The predicted molar refractivity (Wildman–Crippen MR) is 81.5 cm³/mol. The molecule has 0 unspecified atom stereocenters. The molecular formula is C18H18F2O. The molecule has 0 heterocycles. The van der Waals surface area contributed by atoms with Gasteiger partial charge in [0.1, 0.15) is 24.0 Å². The van der Waals surface area contributed by atoms with Crippen LogP contribution in [-0.2, 0) is 6.42 Å². The maximum atomic E-state index is 14.0. The summed E-state index contributed by atoms with van der Waals surface area (Å²) in [7, 11) is 0. The zero-order valence-corrected chi connectivity index (χ0v) is 12.0. The van der Waals surface area contributed by atoms with Crippen LogP contribution in [0.15, 0.2) is 49.1 Å². The van der Waals surface area contributed by atoms with Gasteiger partial charge in [0.15, 0.2) is 0 Å². The van der Waals surface area contributed by atoms with Crippen molar-refractivity contribution in [1.82, 2.24) is 0 Å². The van der Waals surface area contributed by atoms with Gasteiger partial charge in [-0.15, -0.1) is 0 Å². The monoisotopic (exact) mass is 288 g/mol. The molecule has 0 saturated heterocycles. The average Bonchev–Trinajstić information content (AvgIpc) is 2.49. The van der Waals surface area contributed by atoms with Crippen molar-refractivity contribution in [2.24, 2.45) is 0 Å². The molecule has 0 aliphatic carbocycles. The van der Waals surface area contributed by atoms with Gasteiger partial charge in [-0.2, -0.15) is 0 Å². The Kier molecular flexibility index (Phi) is 5.09. The molecule has 0 amide bonds. The number of hydrogen-bond acceptors (Lipinski definition) is 1. The van der Waals surface area contributed by atoms with Crippen LogP contribution in [0.2, 0.25) is 0 Å². The Bertz CT molecular complexity index is 618. The highest BCUT2D eigenvalue weighted by atomic mass is 19.1. The van der Waals surface area contributed by atoms with E-state index in [1.807, 2.05) is 6.92 Å². The molecule has 0 aliphatic rings. The first-order valence-corrected chi connectivity index (χ1v) is 6.97. The van der Waals surface area contributed by atoms with Crippen LogP contribution in [0.5, 0.6) is 5.75 Å². The molecule has 2 rings (SSSR count). The molecule has 2 aromatic carbocycles. The number of halogens is 2. The lowest BCUT2D eigenvalue weighted by Gasteiger charge is -2.09. The van der Waals surface area contributed by atoms with Gasteiger partial charge in [0, 0.05) is 11.6 Å². The first-order valence-electron chi connectivity index (χ1n) is 6.97. The van der Waals surface area contributed by atoms with Crippen LogP contribution >= 0.6 is 0 Å². The summed E-state index contributed by atoms with van der Waals surface area (Å²) in [6.45, 7) is 5.97. The second kappa shape index (κ2) is 7.02. The summed E-state index contributed by atoms with van der Waals surface area (Å²) in [6, 6.07) is 9.62. The SMILES string of the molecule is C=CCOc1ccc(-c2cc(CCC)c(F)cc2F)cc1. The van der Waals surface area contributed by atoms with Crippen molar-refractivity contribution in [3.05, 3.63) is 66.3 Å². The minimum Gasteiger partial charge on any atom is -0.490 e. The molecule has 0 fully saturated rings. The van der Waals surface area contributed by atoms with Gasteiger partial charge in [-0.1, -0.05) is 38.1 Å². The van der Waals surface area contributed by atoms with Gasteiger partial charge >= 0.3 is 0 Å².